The summed E-state index contributed by atoms with van der Waals surface area (Å²) in [4.78, 5) is 38.4. The molecule has 198 valence electrons. The van der Waals surface area contributed by atoms with Gasteiger partial charge in [0.2, 0.25) is 11.4 Å². The van der Waals surface area contributed by atoms with Crippen LogP contribution in [0, 0.1) is 17.1 Å². The van der Waals surface area contributed by atoms with Gasteiger partial charge in [-0.25, -0.2) is 14.4 Å². The summed E-state index contributed by atoms with van der Waals surface area (Å²) >= 11 is 0. The van der Waals surface area contributed by atoms with E-state index in [-0.39, 0.29) is 40.4 Å². The average Bonchev–Trinajstić information content (AvgIpc) is 2.87. The highest BCUT2D eigenvalue weighted by molar-refractivity contribution is 6.07. The van der Waals surface area contributed by atoms with Crippen molar-refractivity contribution in [2.24, 2.45) is 0 Å². The topological polar surface area (TPSA) is 118 Å². The predicted molar refractivity (Wildman–Crippen MR) is 131 cm³/mol. The Morgan fingerprint density at radius 2 is 1.79 bits per heavy atom. The van der Waals surface area contributed by atoms with Crippen molar-refractivity contribution in [3.63, 3.8) is 0 Å². The minimum absolute atomic E-state index is 0.0266. The minimum Gasteiger partial charge on any atom is -0.367 e. The van der Waals surface area contributed by atoms with Crippen LogP contribution in [0.4, 0.5) is 28.9 Å². The Morgan fingerprint density at radius 1 is 1.16 bits per heavy atom. The third-order valence-corrected chi connectivity index (χ3v) is 6.57. The van der Waals surface area contributed by atoms with E-state index in [1.54, 1.807) is 6.07 Å². The van der Waals surface area contributed by atoms with Crippen molar-refractivity contribution in [3.05, 3.63) is 69.9 Å². The van der Waals surface area contributed by atoms with E-state index in [0.29, 0.717) is 25.4 Å². The Morgan fingerprint density at radius 3 is 2.37 bits per heavy atom. The van der Waals surface area contributed by atoms with Crippen LogP contribution in [-0.2, 0) is 6.18 Å². The first-order chi connectivity index (χ1) is 17.9. The third kappa shape index (κ3) is 5.35. The second kappa shape index (κ2) is 10.2. The molecule has 0 aliphatic carbocycles. The largest absolute Gasteiger partial charge is 0.417 e. The third-order valence-electron chi connectivity index (χ3n) is 6.57. The summed E-state index contributed by atoms with van der Waals surface area (Å²) in [5, 5.41) is 11.4. The number of hydrogen-bond acceptors (Lipinski definition) is 7. The molecule has 1 aromatic carbocycles. The molecule has 1 amide bonds. The van der Waals surface area contributed by atoms with Gasteiger partial charge in [-0.05, 0) is 33.0 Å². The van der Waals surface area contributed by atoms with E-state index in [0.717, 1.165) is 0 Å². The maximum atomic E-state index is 15.4. The maximum Gasteiger partial charge on any atom is 0.417 e. The number of halogens is 4. The molecule has 3 heterocycles. The number of anilines is 2. The van der Waals surface area contributed by atoms with Crippen LogP contribution < -0.4 is 15.8 Å². The fraction of sp³-hybridized carbons (Fsp3) is 0.320. The summed E-state index contributed by atoms with van der Waals surface area (Å²) in [7, 11) is 1.96. The highest BCUT2D eigenvalue weighted by Gasteiger charge is 2.36. The van der Waals surface area contributed by atoms with Crippen LogP contribution in [-0.4, -0.2) is 58.0 Å². The van der Waals surface area contributed by atoms with Crippen molar-refractivity contribution < 1.29 is 22.4 Å². The number of benzene rings is 1. The van der Waals surface area contributed by atoms with Crippen molar-refractivity contribution >= 4 is 17.3 Å². The number of alkyl halides is 3. The summed E-state index contributed by atoms with van der Waals surface area (Å²) < 4.78 is 56.2. The summed E-state index contributed by atoms with van der Waals surface area (Å²) in [6.45, 7) is 4.90. The molecule has 0 spiro atoms. The molecule has 13 heteroatoms. The van der Waals surface area contributed by atoms with Crippen LogP contribution >= 0.6 is 0 Å². The Kier molecular flexibility index (Phi) is 7.19. The van der Waals surface area contributed by atoms with Crippen LogP contribution in [0.2, 0.25) is 0 Å². The van der Waals surface area contributed by atoms with Gasteiger partial charge in [-0.2, -0.15) is 18.4 Å². The summed E-state index contributed by atoms with van der Waals surface area (Å²) in [6.07, 6.45) is -1.79. The number of pyridine rings is 1. The molecule has 0 unspecified atom stereocenters. The Balaban J connectivity index is 1.82. The average molecular weight is 529 g/mol. The van der Waals surface area contributed by atoms with Gasteiger partial charge >= 0.3 is 6.18 Å². The van der Waals surface area contributed by atoms with Crippen molar-refractivity contribution in [2.75, 3.05) is 30.4 Å². The van der Waals surface area contributed by atoms with Gasteiger partial charge in [-0.1, -0.05) is 0 Å². The molecule has 0 radical (unpaired) electrons. The number of nitrogens with one attached hydrogen (secondary N) is 2. The number of nitrogens with zero attached hydrogens (tertiary/aromatic N) is 5. The van der Waals surface area contributed by atoms with E-state index in [1.807, 2.05) is 25.8 Å². The lowest BCUT2D eigenvalue weighted by Gasteiger charge is -2.44. The Hall–Kier alpha value is -4.31. The molecule has 1 fully saturated rings. The summed E-state index contributed by atoms with van der Waals surface area (Å²) in [5.74, 6) is -1.94. The molecule has 2 N–H and O–H groups in total. The van der Waals surface area contributed by atoms with Crippen molar-refractivity contribution in [1.29, 1.82) is 5.26 Å². The van der Waals surface area contributed by atoms with Crippen LogP contribution in [0.1, 0.15) is 35.6 Å². The molecular formula is C25H23F4N7O2. The lowest BCUT2D eigenvalue weighted by molar-refractivity contribution is -0.138. The SMILES string of the molecule is C[C@@H]1CN(c2cc(F)c(-c3cnc(C#N)nc3)cc2NC(=O)c2c[nH]c(=O)cc2C(F)(F)F)C[C@H](C)N1C. The van der Waals surface area contributed by atoms with E-state index >= 15 is 4.39 Å². The first-order valence-electron chi connectivity index (χ1n) is 11.5. The van der Waals surface area contributed by atoms with Gasteiger partial charge in [0.05, 0.1) is 22.5 Å². The number of rotatable bonds is 4. The fourth-order valence-electron chi connectivity index (χ4n) is 4.36. The molecule has 4 rings (SSSR count). The fourth-order valence-corrected chi connectivity index (χ4v) is 4.36. The highest BCUT2D eigenvalue weighted by atomic mass is 19.4. The summed E-state index contributed by atoms with van der Waals surface area (Å²) in [5.41, 5.74) is -2.71. The minimum atomic E-state index is -4.96. The number of likely N-dealkylation sites (N-methyl/N-ethyl adjacent to an activating group) is 1. The van der Waals surface area contributed by atoms with Crippen LogP contribution in [0.15, 0.2) is 41.6 Å². The maximum absolute atomic E-state index is 15.4. The van der Waals surface area contributed by atoms with E-state index < -0.39 is 34.6 Å². The lowest BCUT2D eigenvalue weighted by atomic mass is 10.0. The van der Waals surface area contributed by atoms with Gasteiger partial charge < -0.3 is 15.2 Å². The molecule has 0 bridgehead atoms. The van der Waals surface area contributed by atoms with Gasteiger partial charge in [0.25, 0.3) is 5.91 Å². The van der Waals surface area contributed by atoms with Gasteiger partial charge in [0.1, 0.15) is 11.9 Å². The zero-order chi connectivity index (χ0) is 27.8. The monoisotopic (exact) mass is 529 g/mol. The van der Waals surface area contributed by atoms with Crippen molar-refractivity contribution in [2.45, 2.75) is 32.1 Å². The standard InChI is InChI=1S/C25H23F4N7O2/c1-13-11-36(12-14(2)35(13)3)21-6-19(26)16(15-8-31-22(7-30)32-9-15)4-20(21)34-24(38)17-10-33-23(37)5-18(17)25(27,28)29/h4-6,8-10,13-14H,11-12H2,1-3H3,(H,33,37)(H,34,38)/t13-,14+. The van der Waals surface area contributed by atoms with Gasteiger partial charge in [0, 0.05) is 61.0 Å². The van der Waals surface area contributed by atoms with Crippen molar-refractivity contribution in [1.82, 2.24) is 19.9 Å². The molecule has 2 aromatic heterocycles. The zero-order valence-electron chi connectivity index (χ0n) is 20.6. The molecule has 0 saturated carbocycles. The number of piperazine rings is 1. The van der Waals surface area contributed by atoms with Crippen LogP contribution in [0.5, 0.6) is 0 Å². The second-order valence-electron chi connectivity index (χ2n) is 9.10. The van der Waals surface area contributed by atoms with Gasteiger partial charge in [0.15, 0.2) is 0 Å². The van der Waals surface area contributed by atoms with Gasteiger partial charge in [-0.3, -0.25) is 14.5 Å². The smallest absolute Gasteiger partial charge is 0.367 e. The molecule has 1 aliphatic heterocycles. The molecule has 2 atom stereocenters. The first kappa shape index (κ1) is 26.7. The predicted octanol–water partition coefficient (Wildman–Crippen LogP) is 3.64. The molecule has 3 aromatic rings. The summed E-state index contributed by atoms with van der Waals surface area (Å²) in [6, 6.07) is 4.69. The van der Waals surface area contributed by atoms with E-state index in [2.05, 4.69) is 25.2 Å². The number of amides is 1. The van der Waals surface area contributed by atoms with Crippen LogP contribution in [0.3, 0.4) is 0 Å². The van der Waals surface area contributed by atoms with E-state index in [9.17, 15) is 22.8 Å². The first-order valence-corrected chi connectivity index (χ1v) is 11.5. The quantitative estimate of drug-likeness (QED) is 0.496. The number of hydrogen-bond donors (Lipinski definition) is 2. The number of carbonyl (C=O) groups is 1. The second-order valence-corrected chi connectivity index (χ2v) is 9.10. The number of carbonyl (C=O) groups excluding carboxylic acids is 1. The van der Waals surface area contributed by atoms with E-state index in [1.165, 1.54) is 24.5 Å². The number of aromatic amines is 1. The highest BCUT2D eigenvalue weighted by Crippen LogP contribution is 2.37. The van der Waals surface area contributed by atoms with Gasteiger partial charge in [-0.15, -0.1) is 0 Å². The van der Waals surface area contributed by atoms with Crippen LogP contribution in [0.25, 0.3) is 11.1 Å². The molecular weight excluding hydrogens is 506 g/mol. The number of nitriles is 1. The molecule has 1 saturated heterocycles. The van der Waals surface area contributed by atoms with Crippen molar-refractivity contribution in [3.8, 4) is 17.2 Å². The molecule has 9 nitrogen and oxygen atoms in total. The molecule has 1 aliphatic rings. The normalized spacial score (nSPS) is 18.2. The number of aromatic nitrogens is 3. The number of H-pyrrole nitrogens is 1. The molecule has 38 heavy (non-hydrogen) atoms. The zero-order valence-corrected chi connectivity index (χ0v) is 20.6. The van der Waals surface area contributed by atoms with E-state index in [4.69, 9.17) is 5.26 Å². The Bertz CT molecular complexity index is 1450. The Labute approximate surface area is 214 Å². The lowest BCUT2D eigenvalue weighted by Crippen LogP contribution is -2.55.